The molecule has 23 heavy (non-hydrogen) atoms. The first kappa shape index (κ1) is 16.4. The molecule has 0 aliphatic carbocycles. The fourth-order valence-electron chi connectivity index (χ4n) is 1.96. The van der Waals surface area contributed by atoms with Gasteiger partial charge in [0, 0.05) is 25.1 Å². The molecule has 0 aliphatic rings. The summed E-state index contributed by atoms with van der Waals surface area (Å²) in [4.78, 5) is 26.0. The van der Waals surface area contributed by atoms with Crippen LogP contribution in [0.2, 0.25) is 0 Å². The Bertz CT molecular complexity index is 733. The lowest BCUT2D eigenvalue weighted by molar-refractivity contribution is -0.384. The van der Waals surface area contributed by atoms with Crippen LogP contribution in [0.5, 0.6) is 0 Å². The number of hydrogen-bond acceptors (Lipinski definition) is 7. The van der Waals surface area contributed by atoms with Crippen LogP contribution < -0.4 is 5.32 Å². The highest BCUT2D eigenvalue weighted by Gasteiger charge is 2.19. The van der Waals surface area contributed by atoms with Crippen molar-refractivity contribution in [1.82, 2.24) is 4.98 Å². The van der Waals surface area contributed by atoms with Crippen LogP contribution in [-0.2, 0) is 16.1 Å². The van der Waals surface area contributed by atoms with Crippen molar-refractivity contribution in [3.05, 3.63) is 57.8 Å². The summed E-state index contributed by atoms with van der Waals surface area (Å²) in [5.74, 6) is -0.647. The van der Waals surface area contributed by atoms with E-state index in [0.29, 0.717) is 12.3 Å². The van der Waals surface area contributed by atoms with Gasteiger partial charge in [0.15, 0.2) is 0 Å². The summed E-state index contributed by atoms with van der Waals surface area (Å²) in [7, 11) is 2.78. The highest BCUT2D eigenvalue weighted by molar-refractivity contribution is 5.90. The summed E-state index contributed by atoms with van der Waals surface area (Å²) < 4.78 is 9.58. The SMILES string of the molecule is COCc1cccc(Nc2ncc(C(=O)OC)cc2[N+](=O)[O-])c1. The topological polar surface area (TPSA) is 104 Å². The number of benzene rings is 1. The summed E-state index contributed by atoms with van der Waals surface area (Å²) >= 11 is 0. The fraction of sp³-hybridized carbons (Fsp3) is 0.200. The standard InChI is InChI=1S/C15H15N3O5/c1-22-9-10-4-3-5-12(6-10)17-14-13(18(20)21)7-11(8-16-14)15(19)23-2/h3-8H,9H2,1-2H3,(H,16,17). The molecule has 0 unspecified atom stereocenters. The van der Waals surface area contributed by atoms with Crippen LogP contribution in [0.4, 0.5) is 17.2 Å². The molecule has 0 saturated carbocycles. The predicted octanol–water partition coefficient (Wildman–Crippen LogP) is 2.67. The Kier molecular flexibility index (Phi) is 5.21. The van der Waals surface area contributed by atoms with Crippen LogP contribution in [0.15, 0.2) is 36.5 Å². The second-order valence-electron chi connectivity index (χ2n) is 4.60. The minimum absolute atomic E-state index is 0.0119. The van der Waals surface area contributed by atoms with Crippen molar-refractivity contribution in [2.45, 2.75) is 6.61 Å². The number of rotatable bonds is 6. The van der Waals surface area contributed by atoms with E-state index in [1.54, 1.807) is 25.3 Å². The smallest absolute Gasteiger partial charge is 0.339 e. The van der Waals surface area contributed by atoms with Gasteiger partial charge in [-0.25, -0.2) is 9.78 Å². The van der Waals surface area contributed by atoms with Crippen LogP contribution in [0.25, 0.3) is 0 Å². The highest BCUT2D eigenvalue weighted by atomic mass is 16.6. The Balaban J connectivity index is 2.33. The molecule has 0 radical (unpaired) electrons. The van der Waals surface area contributed by atoms with E-state index < -0.39 is 10.9 Å². The molecular weight excluding hydrogens is 302 g/mol. The molecule has 120 valence electrons. The van der Waals surface area contributed by atoms with Gasteiger partial charge in [-0.15, -0.1) is 0 Å². The molecule has 1 heterocycles. The number of nitro groups is 1. The van der Waals surface area contributed by atoms with Gasteiger partial charge in [0.1, 0.15) is 0 Å². The number of methoxy groups -OCH3 is 2. The molecule has 0 spiro atoms. The number of hydrogen-bond donors (Lipinski definition) is 1. The third-order valence-electron chi connectivity index (χ3n) is 2.99. The van der Waals surface area contributed by atoms with Crippen molar-refractivity contribution in [2.75, 3.05) is 19.5 Å². The summed E-state index contributed by atoms with van der Waals surface area (Å²) in [5.41, 5.74) is 1.23. The second kappa shape index (κ2) is 7.32. The molecule has 2 aromatic rings. The third kappa shape index (κ3) is 4.01. The Morgan fingerprint density at radius 3 is 2.78 bits per heavy atom. The zero-order valence-corrected chi connectivity index (χ0v) is 12.6. The van der Waals surface area contributed by atoms with Crippen LogP contribution in [0.3, 0.4) is 0 Å². The lowest BCUT2D eigenvalue weighted by Crippen LogP contribution is -2.06. The van der Waals surface area contributed by atoms with Crippen molar-refractivity contribution in [3.63, 3.8) is 0 Å². The van der Waals surface area contributed by atoms with Crippen molar-refractivity contribution < 1.29 is 19.2 Å². The van der Waals surface area contributed by atoms with E-state index in [0.717, 1.165) is 11.6 Å². The maximum atomic E-state index is 11.5. The summed E-state index contributed by atoms with van der Waals surface area (Å²) in [6.07, 6.45) is 1.22. The molecule has 2 rings (SSSR count). The third-order valence-corrected chi connectivity index (χ3v) is 2.99. The van der Waals surface area contributed by atoms with Crippen molar-refractivity contribution in [2.24, 2.45) is 0 Å². The van der Waals surface area contributed by atoms with Crippen molar-refractivity contribution in [3.8, 4) is 0 Å². The molecule has 0 bridgehead atoms. The van der Waals surface area contributed by atoms with E-state index >= 15 is 0 Å². The van der Waals surface area contributed by atoms with Gasteiger partial charge < -0.3 is 14.8 Å². The Morgan fingerprint density at radius 1 is 1.35 bits per heavy atom. The maximum absolute atomic E-state index is 11.5. The van der Waals surface area contributed by atoms with Crippen LogP contribution in [-0.4, -0.2) is 30.1 Å². The Hall–Kier alpha value is -3.00. The molecule has 0 amide bonds. The van der Waals surface area contributed by atoms with Gasteiger partial charge >= 0.3 is 11.7 Å². The van der Waals surface area contributed by atoms with Gasteiger partial charge in [-0.2, -0.15) is 0 Å². The molecule has 8 nitrogen and oxygen atoms in total. The first-order valence-corrected chi connectivity index (χ1v) is 6.62. The molecule has 1 N–H and O–H groups in total. The number of ether oxygens (including phenoxy) is 2. The zero-order valence-electron chi connectivity index (χ0n) is 12.6. The minimum atomic E-state index is -0.686. The van der Waals surface area contributed by atoms with Gasteiger partial charge in [-0.3, -0.25) is 10.1 Å². The van der Waals surface area contributed by atoms with E-state index in [-0.39, 0.29) is 17.1 Å². The van der Waals surface area contributed by atoms with Gasteiger partial charge in [0.05, 0.1) is 24.2 Å². The molecular formula is C15H15N3O5. The van der Waals surface area contributed by atoms with E-state index in [1.165, 1.54) is 13.3 Å². The molecule has 0 atom stereocenters. The van der Waals surface area contributed by atoms with Gasteiger partial charge in [-0.05, 0) is 17.7 Å². The quantitative estimate of drug-likeness (QED) is 0.496. The number of anilines is 2. The normalized spacial score (nSPS) is 10.2. The van der Waals surface area contributed by atoms with E-state index in [4.69, 9.17) is 4.74 Å². The molecule has 1 aromatic heterocycles. The molecule has 0 aliphatic heterocycles. The average Bonchev–Trinajstić information content (AvgIpc) is 2.55. The van der Waals surface area contributed by atoms with E-state index in [1.807, 2.05) is 6.07 Å². The number of carbonyl (C=O) groups excluding carboxylic acids is 1. The van der Waals surface area contributed by atoms with Gasteiger partial charge in [0.2, 0.25) is 5.82 Å². The van der Waals surface area contributed by atoms with Crippen LogP contribution in [0.1, 0.15) is 15.9 Å². The summed E-state index contributed by atoms with van der Waals surface area (Å²) in [6.45, 7) is 0.423. The van der Waals surface area contributed by atoms with E-state index in [9.17, 15) is 14.9 Å². The minimum Gasteiger partial charge on any atom is -0.465 e. The molecule has 8 heteroatoms. The molecule has 1 aromatic carbocycles. The fourth-order valence-corrected chi connectivity index (χ4v) is 1.96. The molecule has 0 fully saturated rings. The predicted molar refractivity (Wildman–Crippen MR) is 82.7 cm³/mol. The average molecular weight is 317 g/mol. The van der Waals surface area contributed by atoms with Crippen molar-refractivity contribution in [1.29, 1.82) is 0 Å². The molecule has 0 saturated heterocycles. The Labute approximate surface area is 132 Å². The first-order valence-electron chi connectivity index (χ1n) is 6.62. The zero-order chi connectivity index (χ0) is 16.8. The van der Waals surface area contributed by atoms with Gasteiger partial charge in [-0.1, -0.05) is 12.1 Å². The summed E-state index contributed by atoms with van der Waals surface area (Å²) in [5, 5.41) is 14.1. The number of nitrogens with one attached hydrogen (secondary N) is 1. The highest BCUT2D eigenvalue weighted by Crippen LogP contribution is 2.26. The lowest BCUT2D eigenvalue weighted by Gasteiger charge is -2.08. The number of aromatic nitrogens is 1. The number of pyridine rings is 1. The maximum Gasteiger partial charge on any atom is 0.339 e. The van der Waals surface area contributed by atoms with Crippen LogP contribution >= 0.6 is 0 Å². The van der Waals surface area contributed by atoms with E-state index in [2.05, 4.69) is 15.0 Å². The van der Waals surface area contributed by atoms with Crippen molar-refractivity contribution >= 4 is 23.2 Å². The lowest BCUT2D eigenvalue weighted by atomic mass is 10.2. The van der Waals surface area contributed by atoms with Crippen LogP contribution in [0, 0.1) is 10.1 Å². The summed E-state index contributed by atoms with van der Waals surface area (Å²) in [6, 6.07) is 8.34. The largest absolute Gasteiger partial charge is 0.465 e. The first-order chi connectivity index (χ1) is 11.0. The number of esters is 1. The second-order valence-corrected chi connectivity index (χ2v) is 4.60. The Morgan fingerprint density at radius 2 is 2.13 bits per heavy atom. The van der Waals surface area contributed by atoms with Gasteiger partial charge in [0.25, 0.3) is 0 Å². The number of nitrogens with zero attached hydrogens (tertiary/aromatic N) is 2. The monoisotopic (exact) mass is 317 g/mol. The number of carbonyl (C=O) groups is 1.